The highest BCUT2D eigenvalue weighted by Gasteiger charge is 2.35. The molecule has 0 saturated carbocycles. The van der Waals surface area contributed by atoms with E-state index in [-0.39, 0.29) is 11.7 Å². The molecule has 9 heteroatoms. The monoisotopic (exact) mass is 346 g/mol. The number of non-ortho nitro benzene ring substituents is 1. The summed E-state index contributed by atoms with van der Waals surface area (Å²) in [5.41, 5.74) is -1.71. The maximum atomic E-state index is 13.1. The number of nitro groups is 1. The van der Waals surface area contributed by atoms with Crippen molar-refractivity contribution in [3.63, 3.8) is 0 Å². The third kappa shape index (κ3) is 4.57. The van der Waals surface area contributed by atoms with Gasteiger partial charge in [-0.25, -0.2) is 0 Å². The number of likely N-dealkylation sites (N-methyl/N-ethyl adjacent to an activating group) is 1. The lowest BCUT2D eigenvalue weighted by atomic mass is 10.1. The van der Waals surface area contributed by atoms with Crippen molar-refractivity contribution in [1.29, 1.82) is 0 Å². The fraction of sp³-hybridized carbons (Fsp3) is 0.600. The Balaban J connectivity index is 2.07. The molecule has 1 aliphatic heterocycles. The molecule has 1 heterocycles. The third-order valence-corrected chi connectivity index (χ3v) is 4.27. The van der Waals surface area contributed by atoms with Gasteiger partial charge < -0.3 is 10.2 Å². The zero-order chi connectivity index (χ0) is 17.9. The molecule has 0 unspecified atom stereocenters. The fourth-order valence-electron chi connectivity index (χ4n) is 2.68. The van der Waals surface area contributed by atoms with Gasteiger partial charge in [-0.05, 0) is 20.0 Å². The zero-order valence-corrected chi connectivity index (χ0v) is 13.6. The molecule has 24 heavy (non-hydrogen) atoms. The molecule has 1 aliphatic rings. The molecule has 0 aromatic heterocycles. The van der Waals surface area contributed by atoms with E-state index >= 15 is 0 Å². The molecule has 0 bridgehead atoms. The first kappa shape index (κ1) is 18.5. The zero-order valence-electron chi connectivity index (χ0n) is 13.6. The molecule has 0 spiro atoms. The SMILES string of the molecule is C[C@H](CNc1ccc([N+](=O)[O-])cc1C(F)(F)F)N1CCN(C)CC1. The molecular weight excluding hydrogens is 325 g/mol. The molecule has 1 atom stereocenters. The number of hydrogen-bond donors (Lipinski definition) is 1. The molecular formula is C15H21F3N4O2. The number of piperazine rings is 1. The Kier molecular flexibility index (Phi) is 5.66. The van der Waals surface area contributed by atoms with Crippen LogP contribution in [0.4, 0.5) is 24.5 Å². The number of anilines is 1. The van der Waals surface area contributed by atoms with Crippen LogP contribution in [0.1, 0.15) is 12.5 Å². The standard InChI is InChI=1S/C15H21F3N4O2/c1-11(21-7-5-20(2)6-8-21)10-19-14-4-3-12(22(23)24)9-13(14)15(16,17)18/h3-4,9,11,19H,5-8,10H2,1-2H3/t11-/m1/s1. The Hall–Kier alpha value is -1.87. The van der Waals surface area contributed by atoms with E-state index in [9.17, 15) is 23.3 Å². The molecule has 0 radical (unpaired) electrons. The molecule has 1 aromatic carbocycles. The van der Waals surface area contributed by atoms with Gasteiger partial charge in [0.25, 0.3) is 5.69 Å². The number of alkyl halides is 3. The average molecular weight is 346 g/mol. The van der Waals surface area contributed by atoms with Gasteiger partial charge >= 0.3 is 6.18 Å². The van der Waals surface area contributed by atoms with Crippen molar-refractivity contribution in [1.82, 2.24) is 9.80 Å². The highest BCUT2D eigenvalue weighted by molar-refractivity contribution is 5.57. The fourth-order valence-corrected chi connectivity index (χ4v) is 2.68. The number of benzene rings is 1. The lowest BCUT2D eigenvalue weighted by Gasteiger charge is -2.36. The summed E-state index contributed by atoms with van der Waals surface area (Å²) in [4.78, 5) is 14.3. The second kappa shape index (κ2) is 7.35. The summed E-state index contributed by atoms with van der Waals surface area (Å²) >= 11 is 0. The predicted molar refractivity (Wildman–Crippen MR) is 85.1 cm³/mol. The maximum Gasteiger partial charge on any atom is 0.418 e. The topological polar surface area (TPSA) is 61.7 Å². The van der Waals surface area contributed by atoms with Crippen LogP contribution in [0.3, 0.4) is 0 Å². The smallest absolute Gasteiger partial charge is 0.383 e. The summed E-state index contributed by atoms with van der Waals surface area (Å²) in [5, 5.41) is 13.5. The largest absolute Gasteiger partial charge is 0.418 e. The maximum absolute atomic E-state index is 13.1. The van der Waals surface area contributed by atoms with Crippen LogP contribution in [0.25, 0.3) is 0 Å². The van der Waals surface area contributed by atoms with Crippen molar-refractivity contribution >= 4 is 11.4 Å². The van der Waals surface area contributed by atoms with E-state index in [2.05, 4.69) is 15.1 Å². The summed E-state index contributed by atoms with van der Waals surface area (Å²) in [5.74, 6) is 0. The number of nitrogens with one attached hydrogen (secondary N) is 1. The first-order valence-corrected chi connectivity index (χ1v) is 7.70. The first-order chi connectivity index (χ1) is 11.2. The van der Waals surface area contributed by atoms with Crippen molar-refractivity contribution < 1.29 is 18.1 Å². The Labute approximate surface area is 138 Å². The average Bonchev–Trinajstić information content (AvgIpc) is 2.52. The second-order valence-corrected chi connectivity index (χ2v) is 6.05. The molecule has 0 aliphatic carbocycles. The van der Waals surface area contributed by atoms with Crippen LogP contribution < -0.4 is 5.32 Å². The van der Waals surface area contributed by atoms with E-state index in [1.54, 1.807) is 0 Å². The molecule has 1 aromatic rings. The van der Waals surface area contributed by atoms with Crippen LogP contribution >= 0.6 is 0 Å². The number of halogens is 3. The van der Waals surface area contributed by atoms with E-state index in [1.807, 2.05) is 14.0 Å². The van der Waals surface area contributed by atoms with Gasteiger partial charge in [-0.3, -0.25) is 15.0 Å². The normalized spacial score (nSPS) is 18.4. The highest BCUT2D eigenvalue weighted by Crippen LogP contribution is 2.37. The Morgan fingerprint density at radius 3 is 2.46 bits per heavy atom. The Bertz CT molecular complexity index is 587. The van der Waals surface area contributed by atoms with Crippen LogP contribution in [0, 0.1) is 10.1 Å². The molecule has 1 N–H and O–H groups in total. The number of nitro benzene ring substituents is 1. The predicted octanol–water partition coefficient (Wildman–Crippen LogP) is 2.66. The molecule has 0 amide bonds. The van der Waals surface area contributed by atoms with Gasteiger partial charge in [0.1, 0.15) is 0 Å². The minimum Gasteiger partial charge on any atom is -0.383 e. The van der Waals surface area contributed by atoms with E-state index < -0.39 is 22.4 Å². The van der Waals surface area contributed by atoms with Gasteiger partial charge in [-0.2, -0.15) is 13.2 Å². The van der Waals surface area contributed by atoms with Crippen LogP contribution in [0.2, 0.25) is 0 Å². The summed E-state index contributed by atoms with van der Waals surface area (Å²) in [7, 11) is 2.03. The lowest BCUT2D eigenvalue weighted by Crippen LogP contribution is -2.49. The lowest BCUT2D eigenvalue weighted by molar-refractivity contribution is -0.385. The second-order valence-electron chi connectivity index (χ2n) is 6.05. The summed E-state index contributed by atoms with van der Waals surface area (Å²) < 4.78 is 39.4. The van der Waals surface area contributed by atoms with Crippen molar-refractivity contribution in [2.75, 3.05) is 45.1 Å². The molecule has 134 valence electrons. The Morgan fingerprint density at radius 1 is 1.29 bits per heavy atom. The van der Waals surface area contributed by atoms with Gasteiger partial charge in [-0.1, -0.05) is 0 Å². The minimum absolute atomic E-state index is 0.0648. The van der Waals surface area contributed by atoms with Gasteiger partial charge in [0.15, 0.2) is 0 Å². The van der Waals surface area contributed by atoms with Crippen molar-refractivity contribution in [3.05, 3.63) is 33.9 Å². The highest BCUT2D eigenvalue weighted by atomic mass is 19.4. The quantitative estimate of drug-likeness (QED) is 0.656. The van der Waals surface area contributed by atoms with Crippen molar-refractivity contribution in [2.45, 2.75) is 19.1 Å². The molecule has 2 rings (SSSR count). The summed E-state index contributed by atoms with van der Waals surface area (Å²) in [6.07, 6.45) is -4.65. The van der Waals surface area contributed by atoms with Crippen LogP contribution in [-0.4, -0.2) is 60.5 Å². The van der Waals surface area contributed by atoms with E-state index in [4.69, 9.17) is 0 Å². The van der Waals surface area contributed by atoms with E-state index in [0.717, 1.165) is 38.3 Å². The number of rotatable bonds is 5. The van der Waals surface area contributed by atoms with Crippen LogP contribution in [0.15, 0.2) is 18.2 Å². The van der Waals surface area contributed by atoms with Crippen LogP contribution in [0.5, 0.6) is 0 Å². The number of hydrogen-bond acceptors (Lipinski definition) is 5. The molecule has 1 saturated heterocycles. The molecule has 1 fully saturated rings. The third-order valence-electron chi connectivity index (χ3n) is 4.27. The van der Waals surface area contributed by atoms with Crippen LogP contribution in [-0.2, 0) is 6.18 Å². The van der Waals surface area contributed by atoms with Gasteiger partial charge in [-0.15, -0.1) is 0 Å². The van der Waals surface area contributed by atoms with E-state index in [0.29, 0.717) is 12.6 Å². The van der Waals surface area contributed by atoms with Crippen molar-refractivity contribution in [2.24, 2.45) is 0 Å². The first-order valence-electron chi connectivity index (χ1n) is 7.70. The van der Waals surface area contributed by atoms with E-state index in [1.165, 1.54) is 0 Å². The number of nitrogens with zero attached hydrogens (tertiary/aromatic N) is 3. The van der Waals surface area contributed by atoms with Crippen molar-refractivity contribution in [3.8, 4) is 0 Å². The summed E-state index contributed by atoms with van der Waals surface area (Å²) in [6.45, 7) is 5.88. The molecule has 6 nitrogen and oxygen atoms in total. The van der Waals surface area contributed by atoms with Gasteiger partial charge in [0, 0.05) is 56.6 Å². The Morgan fingerprint density at radius 2 is 1.92 bits per heavy atom. The van der Waals surface area contributed by atoms with Gasteiger partial charge in [0.05, 0.1) is 10.5 Å². The summed E-state index contributed by atoms with van der Waals surface area (Å²) in [6, 6.07) is 2.84. The minimum atomic E-state index is -4.65. The van der Waals surface area contributed by atoms with Gasteiger partial charge in [0.2, 0.25) is 0 Å².